The highest BCUT2D eigenvalue weighted by Crippen LogP contribution is 2.06. The van der Waals surface area contributed by atoms with Gasteiger partial charge in [0.1, 0.15) is 0 Å². The van der Waals surface area contributed by atoms with Crippen LogP contribution in [0, 0.1) is 0 Å². The van der Waals surface area contributed by atoms with E-state index in [0.717, 1.165) is 11.3 Å². The fourth-order valence-corrected chi connectivity index (χ4v) is 1.36. The fraction of sp³-hybridized carbons (Fsp3) is 0.500. The highest BCUT2D eigenvalue weighted by molar-refractivity contribution is 7.09. The molecule has 1 aromatic rings. The molecule has 1 unspecified atom stereocenters. The molecular formula is C6H11ClN2OS. The lowest BCUT2D eigenvalue weighted by Crippen LogP contribution is -2.26. The average Bonchev–Trinajstić information content (AvgIpc) is 2.40. The van der Waals surface area contributed by atoms with Crippen molar-refractivity contribution in [3.05, 3.63) is 16.6 Å². The van der Waals surface area contributed by atoms with E-state index in [1.54, 1.807) is 23.0 Å². The van der Waals surface area contributed by atoms with E-state index in [-0.39, 0.29) is 25.1 Å². The molecule has 0 aliphatic carbocycles. The molecule has 0 saturated carbocycles. The van der Waals surface area contributed by atoms with Crippen molar-refractivity contribution >= 4 is 23.7 Å². The van der Waals surface area contributed by atoms with Crippen molar-refractivity contribution in [2.45, 2.75) is 12.5 Å². The first-order chi connectivity index (χ1) is 4.83. The Bertz CT molecular complexity index is 181. The first-order valence-corrected chi connectivity index (χ1v) is 3.94. The van der Waals surface area contributed by atoms with Crippen molar-refractivity contribution in [3.8, 4) is 0 Å². The smallest absolute Gasteiger partial charge is 0.0794 e. The SMILES string of the molecule is Cl.NC(CO)Cc1cncs1. The summed E-state index contributed by atoms with van der Waals surface area (Å²) in [5.74, 6) is 0. The Kier molecular flexibility index (Phi) is 5.41. The van der Waals surface area contributed by atoms with Crippen molar-refractivity contribution in [1.29, 1.82) is 0 Å². The van der Waals surface area contributed by atoms with E-state index in [2.05, 4.69) is 4.98 Å². The highest BCUT2D eigenvalue weighted by Gasteiger charge is 2.02. The van der Waals surface area contributed by atoms with Gasteiger partial charge in [-0.3, -0.25) is 4.98 Å². The van der Waals surface area contributed by atoms with Crippen molar-refractivity contribution in [2.24, 2.45) is 5.73 Å². The van der Waals surface area contributed by atoms with Gasteiger partial charge in [-0.15, -0.1) is 23.7 Å². The first-order valence-electron chi connectivity index (χ1n) is 3.06. The largest absolute Gasteiger partial charge is 0.395 e. The van der Waals surface area contributed by atoms with Gasteiger partial charge in [0.25, 0.3) is 0 Å². The number of thiazole rings is 1. The minimum atomic E-state index is -0.138. The minimum Gasteiger partial charge on any atom is -0.395 e. The molecule has 1 aromatic heterocycles. The van der Waals surface area contributed by atoms with Gasteiger partial charge in [0.05, 0.1) is 12.1 Å². The molecule has 0 aliphatic heterocycles. The van der Waals surface area contributed by atoms with Crippen molar-refractivity contribution in [2.75, 3.05) is 6.61 Å². The van der Waals surface area contributed by atoms with Crippen molar-refractivity contribution in [1.82, 2.24) is 4.98 Å². The van der Waals surface area contributed by atoms with Gasteiger partial charge in [-0.25, -0.2) is 0 Å². The molecule has 0 aromatic carbocycles. The summed E-state index contributed by atoms with van der Waals surface area (Å²) in [6.07, 6.45) is 2.50. The molecular weight excluding hydrogens is 184 g/mol. The van der Waals surface area contributed by atoms with Gasteiger partial charge in [-0.1, -0.05) is 0 Å². The third-order valence-electron chi connectivity index (χ3n) is 1.18. The van der Waals surface area contributed by atoms with Crippen LogP contribution in [-0.2, 0) is 6.42 Å². The zero-order chi connectivity index (χ0) is 7.40. The van der Waals surface area contributed by atoms with Crippen molar-refractivity contribution < 1.29 is 5.11 Å². The van der Waals surface area contributed by atoms with E-state index < -0.39 is 0 Å². The number of rotatable bonds is 3. The number of hydrogen-bond donors (Lipinski definition) is 2. The molecule has 5 heteroatoms. The van der Waals surface area contributed by atoms with Crippen LogP contribution in [0.3, 0.4) is 0 Å². The summed E-state index contributed by atoms with van der Waals surface area (Å²) >= 11 is 1.56. The Hall–Kier alpha value is -0.160. The summed E-state index contributed by atoms with van der Waals surface area (Å²) in [5, 5.41) is 8.59. The quantitative estimate of drug-likeness (QED) is 0.734. The van der Waals surface area contributed by atoms with Crippen LogP contribution in [0.4, 0.5) is 0 Å². The monoisotopic (exact) mass is 194 g/mol. The zero-order valence-corrected chi connectivity index (χ0v) is 7.57. The number of aliphatic hydroxyl groups is 1. The van der Waals surface area contributed by atoms with Crippen LogP contribution in [0.15, 0.2) is 11.7 Å². The van der Waals surface area contributed by atoms with E-state index in [9.17, 15) is 0 Å². The predicted molar refractivity (Wildman–Crippen MR) is 48.1 cm³/mol. The van der Waals surface area contributed by atoms with E-state index in [0.29, 0.717) is 0 Å². The summed E-state index contributed by atoms with van der Waals surface area (Å²) in [4.78, 5) is 5.02. The standard InChI is InChI=1S/C6H10N2OS.ClH/c7-5(3-9)1-6-2-8-4-10-6;/h2,4-5,9H,1,3,7H2;1H. The van der Waals surface area contributed by atoms with E-state index in [4.69, 9.17) is 10.8 Å². The number of hydrogen-bond acceptors (Lipinski definition) is 4. The summed E-state index contributed by atoms with van der Waals surface area (Å²) < 4.78 is 0. The molecule has 0 aliphatic rings. The molecule has 3 N–H and O–H groups in total. The average molecular weight is 195 g/mol. The third-order valence-corrected chi connectivity index (χ3v) is 1.98. The Balaban J connectivity index is 0.000001000. The molecule has 0 spiro atoms. The number of nitrogens with zero attached hydrogens (tertiary/aromatic N) is 1. The van der Waals surface area contributed by atoms with Gasteiger partial charge in [-0.05, 0) is 0 Å². The highest BCUT2D eigenvalue weighted by atomic mass is 35.5. The molecule has 0 bridgehead atoms. The number of halogens is 1. The molecule has 64 valence electrons. The topological polar surface area (TPSA) is 59.1 Å². The molecule has 1 rings (SSSR count). The molecule has 3 nitrogen and oxygen atoms in total. The van der Waals surface area contributed by atoms with Gasteiger partial charge in [-0.2, -0.15) is 0 Å². The van der Waals surface area contributed by atoms with Gasteiger partial charge >= 0.3 is 0 Å². The second-order valence-electron chi connectivity index (χ2n) is 2.11. The molecule has 11 heavy (non-hydrogen) atoms. The van der Waals surface area contributed by atoms with E-state index >= 15 is 0 Å². The Morgan fingerprint density at radius 1 is 1.73 bits per heavy atom. The molecule has 0 fully saturated rings. The van der Waals surface area contributed by atoms with Gasteiger partial charge in [0.2, 0.25) is 0 Å². The van der Waals surface area contributed by atoms with Gasteiger partial charge < -0.3 is 10.8 Å². The molecule has 0 amide bonds. The maximum absolute atomic E-state index is 8.59. The normalized spacial score (nSPS) is 12.2. The second-order valence-corrected chi connectivity index (χ2v) is 3.09. The van der Waals surface area contributed by atoms with Crippen LogP contribution >= 0.6 is 23.7 Å². The van der Waals surface area contributed by atoms with E-state index in [1.807, 2.05) is 0 Å². The van der Waals surface area contributed by atoms with E-state index in [1.165, 1.54) is 0 Å². The van der Waals surface area contributed by atoms with Gasteiger partial charge in [0.15, 0.2) is 0 Å². The van der Waals surface area contributed by atoms with Crippen LogP contribution in [0.2, 0.25) is 0 Å². The molecule has 0 saturated heterocycles. The molecule has 1 atom stereocenters. The lowest BCUT2D eigenvalue weighted by molar-refractivity contribution is 0.265. The molecule has 1 heterocycles. The molecule has 0 radical (unpaired) electrons. The maximum atomic E-state index is 8.59. The van der Waals surface area contributed by atoms with Gasteiger partial charge in [0, 0.05) is 23.5 Å². The number of aromatic nitrogens is 1. The lowest BCUT2D eigenvalue weighted by atomic mass is 10.2. The first kappa shape index (κ1) is 10.8. The summed E-state index contributed by atoms with van der Waals surface area (Å²) in [6, 6.07) is -0.138. The predicted octanol–water partition coefficient (Wildman–Crippen LogP) is 0.427. The second kappa shape index (κ2) is 5.49. The maximum Gasteiger partial charge on any atom is 0.0794 e. The van der Waals surface area contributed by atoms with Crippen LogP contribution in [-0.4, -0.2) is 22.7 Å². The van der Waals surface area contributed by atoms with Crippen molar-refractivity contribution in [3.63, 3.8) is 0 Å². The Labute approximate surface area is 75.7 Å². The summed E-state index contributed by atoms with van der Waals surface area (Å²) in [7, 11) is 0. The fourth-order valence-electron chi connectivity index (χ4n) is 0.666. The van der Waals surface area contributed by atoms with Crippen LogP contribution in [0.1, 0.15) is 4.88 Å². The third kappa shape index (κ3) is 3.67. The Morgan fingerprint density at radius 3 is 2.91 bits per heavy atom. The van der Waals surface area contributed by atoms with Crippen LogP contribution < -0.4 is 5.73 Å². The summed E-state index contributed by atoms with van der Waals surface area (Å²) in [5.41, 5.74) is 7.26. The minimum absolute atomic E-state index is 0. The number of aliphatic hydroxyl groups excluding tert-OH is 1. The van der Waals surface area contributed by atoms with Crippen LogP contribution in [0.25, 0.3) is 0 Å². The number of nitrogens with two attached hydrogens (primary N) is 1. The summed E-state index contributed by atoms with van der Waals surface area (Å²) in [6.45, 7) is 0.0396. The lowest BCUT2D eigenvalue weighted by Gasteiger charge is -2.03. The zero-order valence-electron chi connectivity index (χ0n) is 5.93. The van der Waals surface area contributed by atoms with Crippen LogP contribution in [0.5, 0.6) is 0 Å². The Morgan fingerprint density at radius 2 is 2.45 bits per heavy atom.